The van der Waals surface area contributed by atoms with Crippen molar-refractivity contribution >= 4 is 39.7 Å². The Morgan fingerprint density at radius 1 is 0.872 bits per heavy atom. The zero-order valence-electron chi connectivity index (χ0n) is 22.7. The molecule has 0 radical (unpaired) electrons. The summed E-state index contributed by atoms with van der Waals surface area (Å²) >= 11 is 1.62. The van der Waals surface area contributed by atoms with Crippen molar-refractivity contribution < 1.29 is 19.1 Å². The summed E-state index contributed by atoms with van der Waals surface area (Å²) in [5.41, 5.74) is 1.77. The van der Waals surface area contributed by atoms with E-state index in [1.165, 1.54) is 0 Å². The van der Waals surface area contributed by atoms with Gasteiger partial charge in [0.15, 0.2) is 11.5 Å². The lowest BCUT2D eigenvalue weighted by Crippen LogP contribution is -2.45. The molecule has 0 saturated carbocycles. The minimum absolute atomic E-state index is 0.00173. The van der Waals surface area contributed by atoms with Crippen molar-refractivity contribution in [2.45, 2.75) is 26.3 Å². The number of benzene rings is 3. The molecule has 1 N–H and O–H groups in total. The maximum absolute atomic E-state index is 13.6. The van der Waals surface area contributed by atoms with Gasteiger partial charge in [0.05, 0.1) is 26.5 Å². The van der Waals surface area contributed by atoms with Crippen molar-refractivity contribution in [1.29, 1.82) is 0 Å². The van der Waals surface area contributed by atoms with Crippen molar-refractivity contribution in [3.63, 3.8) is 0 Å². The Morgan fingerprint density at radius 3 is 2.41 bits per heavy atom. The van der Waals surface area contributed by atoms with Gasteiger partial charge in [-0.05, 0) is 53.4 Å². The fourth-order valence-electron chi connectivity index (χ4n) is 4.50. The van der Waals surface area contributed by atoms with Gasteiger partial charge >= 0.3 is 6.03 Å². The van der Waals surface area contributed by atoms with Gasteiger partial charge in [0.2, 0.25) is 5.91 Å². The number of fused-ring (bicyclic) bond motifs is 1. The van der Waals surface area contributed by atoms with E-state index in [1.54, 1.807) is 30.5 Å². The van der Waals surface area contributed by atoms with E-state index in [9.17, 15) is 9.59 Å². The molecule has 7 nitrogen and oxygen atoms in total. The molecule has 0 unspecified atom stereocenters. The normalized spacial score (nSPS) is 10.7. The smallest absolute Gasteiger partial charge is 0.322 e. The maximum atomic E-state index is 13.6. The molecule has 1 heterocycles. The number of methoxy groups -OCH3 is 2. The van der Waals surface area contributed by atoms with Gasteiger partial charge in [-0.25, -0.2) is 4.79 Å². The molecular weight excluding hydrogens is 510 g/mol. The largest absolute Gasteiger partial charge is 0.493 e. The number of carbonyl (C=O) groups is 2. The third-order valence-corrected chi connectivity index (χ3v) is 7.40. The molecule has 204 valence electrons. The first-order valence-electron chi connectivity index (χ1n) is 13.1. The van der Waals surface area contributed by atoms with Crippen LogP contribution in [0.15, 0.2) is 78.2 Å². The number of nitrogens with zero attached hydrogens (tertiary/aromatic N) is 2. The third-order valence-electron chi connectivity index (χ3n) is 6.54. The molecule has 4 aromatic rings. The Balaban J connectivity index is 1.48. The highest BCUT2D eigenvalue weighted by Crippen LogP contribution is 2.28. The number of hydrogen-bond donors (Lipinski definition) is 1. The third kappa shape index (κ3) is 7.29. The molecule has 0 bridgehead atoms. The number of amides is 3. The molecule has 0 aliphatic carbocycles. The zero-order chi connectivity index (χ0) is 27.6. The predicted octanol–water partition coefficient (Wildman–Crippen LogP) is 6.43. The average molecular weight is 546 g/mol. The van der Waals surface area contributed by atoms with Crippen molar-refractivity contribution in [2.24, 2.45) is 0 Å². The molecule has 4 rings (SSSR count). The van der Waals surface area contributed by atoms with E-state index in [4.69, 9.17) is 9.47 Å². The molecule has 39 heavy (non-hydrogen) atoms. The van der Waals surface area contributed by atoms with E-state index in [-0.39, 0.29) is 18.5 Å². The number of anilines is 1. The van der Waals surface area contributed by atoms with Crippen LogP contribution in [0.1, 0.15) is 23.8 Å². The Morgan fingerprint density at radius 2 is 1.67 bits per heavy atom. The number of nitrogens with one attached hydrogen (secondary N) is 1. The van der Waals surface area contributed by atoms with Crippen LogP contribution in [0.25, 0.3) is 10.8 Å². The van der Waals surface area contributed by atoms with Crippen LogP contribution in [0.3, 0.4) is 0 Å². The molecular formula is C31H35N3O4S. The summed E-state index contributed by atoms with van der Waals surface area (Å²) in [6.45, 7) is 3.49. The van der Waals surface area contributed by atoms with Crippen LogP contribution in [0.5, 0.6) is 11.5 Å². The predicted molar refractivity (Wildman–Crippen MR) is 158 cm³/mol. The lowest BCUT2D eigenvalue weighted by molar-refractivity contribution is -0.132. The van der Waals surface area contributed by atoms with Crippen molar-refractivity contribution in [2.75, 3.05) is 39.2 Å². The van der Waals surface area contributed by atoms with Gasteiger partial charge in [0, 0.05) is 23.4 Å². The molecule has 3 aromatic carbocycles. The van der Waals surface area contributed by atoms with Crippen LogP contribution in [-0.2, 0) is 17.8 Å². The van der Waals surface area contributed by atoms with Gasteiger partial charge in [-0.2, -0.15) is 0 Å². The summed E-state index contributed by atoms with van der Waals surface area (Å²) < 4.78 is 10.8. The summed E-state index contributed by atoms with van der Waals surface area (Å²) in [6.07, 6.45) is 1.39. The Bertz CT molecular complexity index is 1380. The second-order valence-electron chi connectivity index (χ2n) is 9.21. The first-order chi connectivity index (χ1) is 19.0. The van der Waals surface area contributed by atoms with Gasteiger partial charge < -0.3 is 24.6 Å². The monoisotopic (exact) mass is 545 g/mol. The standard InChI is InChI=1S/C31H35N3O4S/c1-4-17-34(31(36)32-27-13-7-10-24-9-5-6-12-26(24)27)22-30(35)33(21-25-11-8-19-39-25)18-16-23-14-15-28(37-2)29(20-23)38-3/h5-15,19-20H,4,16-18,21-22H2,1-3H3,(H,32,36). The second-order valence-corrected chi connectivity index (χ2v) is 10.2. The molecule has 3 amide bonds. The molecule has 0 aliphatic heterocycles. The van der Waals surface area contributed by atoms with Crippen LogP contribution >= 0.6 is 11.3 Å². The Kier molecular flexibility index (Phi) is 9.80. The molecule has 0 fully saturated rings. The molecule has 0 atom stereocenters. The number of hydrogen-bond acceptors (Lipinski definition) is 5. The number of urea groups is 1. The van der Waals surface area contributed by atoms with Crippen LogP contribution in [0, 0.1) is 0 Å². The minimum atomic E-state index is -0.280. The first kappa shape index (κ1) is 28.0. The number of rotatable bonds is 12. The van der Waals surface area contributed by atoms with Crippen LogP contribution in [0.4, 0.5) is 10.5 Å². The van der Waals surface area contributed by atoms with Gasteiger partial charge in [0.25, 0.3) is 0 Å². The average Bonchev–Trinajstić information content (AvgIpc) is 3.48. The highest BCUT2D eigenvalue weighted by atomic mass is 32.1. The number of carbonyl (C=O) groups excluding carboxylic acids is 2. The second kappa shape index (κ2) is 13.7. The van der Waals surface area contributed by atoms with Crippen LogP contribution in [0.2, 0.25) is 0 Å². The van der Waals surface area contributed by atoms with Crippen molar-refractivity contribution in [1.82, 2.24) is 9.80 Å². The number of thiophene rings is 1. The quantitative estimate of drug-likeness (QED) is 0.223. The summed E-state index contributed by atoms with van der Waals surface area (Å²) in [4.78, 5) is 31.5. The molecule has 0 saturated heterocycles. The van der Waals surface area contributed by atoms with E-state index in [2.05, 4.69) is 5.32 Å². The molecule has 0 aliphatic rings. The Hall–Kier alpha value is -4.04. The Labute approximate surface area is 234 Å². The minimum Gasteiger partial charge on any atom is -0.493 e. The topological polar surface area (TPSA) is 71.1 Å². The van der Waals surface area contributed by atoms with E-state index >= 15 is 0 Å². The fraction of sp³-hybridized carbons (Fsp3) is 0.290. The SMILES string of the molecule is CCCN(CC(=O)N(CCc1ccc(OC)c(OC)c1)Cc1cccs1)C(=O)Nc1cccc2ccccc12. The summed E-state index contributed by atoms with van der Waals surface area (Å²) in [5.74, 6) is 1.23. The molecule has 0 spiro atoms. The van der Waals surface area contributed by atoms with Gasteiger partial charge in [-0.3, -0.25) is 4.79 Å². The van der Waals surface area contributed by atoms with Gasteiger partial charge in [0.1, 0.15) is 6.54 Å². The first-order valence-corrected chi connectivity index (χ1v) is 13.9. The lowest BCUT2D eigenvalue weighted by atomic mass is 10.1. The van der Waals surface area contributed by atoms with Crippen molar-refractivity contribution in [3.05, 3.63) is 88.6 Å². The lowest BCUT2D eigenvalue weighted by Gasteiger charge is -2.28. The van der Waals surface area contributed by atoms with E-state index in [0.29, 0.717) is 37.6 Å². The van der Waals surface area contributed by atoms with Gasteiger partial charge in [-0.15, -0.1) is 11.3 Å². The fourth-order valence-corrected chi connectivity index (χ4v) is 5.22. The van der Waals surface area contributed by atoms with E-state index in [0.717, 1.165) is 33.3 Å². The zero-order valence-corrected chi connectivity index (χ0v) is 23.5. The highest BCUT2D eigenvalue weighted by Gasteiger charge is 2.22. The van der Waals surface area contributed by atoms with E-state index < -0.39 is 0 Å². The van der Waals surface area contributed by atoms with E-state index in [1.807, 2.05) is 90.0 Å². The number of ether oxygens (including phenoxy) is 2. The molecule has 1 aromatic heterocycles. The highest BCUT2D eigenvalue weighted by molar-refractivity contribution is 7.09. The summed E-state index contributed by atoms with van der Waals surface area (Å²) in [6, 6.07) is 23.3. The van der Waals surface area contributed by atoms with Crippen LogP contribution in [-0.4, -0.2) is 55.6 Å². The van der Waals surface area contributed by atoms with Crippen molar-refractivity contribution in [3.8, 4) is 11.5 Å². The van der Waals surface area contributed by atoms with Crippen LogP contribution < -0.4 is 14.8 Å². The summed E-state index contributed by atoms with van der Waals surface area (Å²) in [7, 11) is 3.22. The molecule has 8 heteroatoms. The summed E-state index contributed by atoms with van der Waals surface area (Å²) in [5, 5.41) is 7.05. The maximum Gasteiger partial charge on any atom is 0.322 e. The van der Waals surface area contributed by atoms with Gasteiger partial charge in [-0.1, -0.05) is 55.5 Å².